The second-order valence-electron chi connectivity index (χ2n) is 2.88. The van der Waals surface area contributed by atoms with E-state index in [1.165, 1.54) is 0 Å². The Morgan fingerprint density at radius 3 is 2.77 bits per heavy atom. The van der Waals surface area contributed by atoms with E-state index in [4.69, 9.17) is 9.47 Å². The molecule has 1 aromatic rings. The quantitative estimate of drug-likeness (QED) is 0.664. The molecule has 0 radical (unpaired) electrons. The number of aromatic nitrogens is 2. The molecule has 0 fully saturated rings. The average Bonchev–Trinajstić information content (AvgIpc) is 2.65. The number of methoxy groups -OCH3 is 2. The Balaban J connectivity index is 2.47. The van der Waals surface area contributed by atoms with E-state index in [2.05, 4.69) is 5.10 Å². The topological polar surface area (TPSA) is 36.3 Å². The van der Waals surface area contributed by atoms with Crippen LogP contribution in [-0.2, 0) is 9.47 Å². The summed E-state index contributed by atoms with van der Waals surface area (Å²) in [4.78, 5) is 0. The van der Waals surface area contributed by atoms with Crippen molar-refractivity contribution in [3.8, 4) is 0 Å². The molecule has 4 heteroatoms. The summed E-state index contributed by atoms with van der Waals surface area (Å²) >= 11 is 0. The molecule has 1 rings (SSSR count). The molecule has 13 heavy (non-hydrogen) atoms. The molecule has 1 heterocycles. The molecule has 0 aliphatic rings. The van der Waals surface area contributed by atoms with E-state index < -0.39 is 0 Å². The van der Waals surface area contributed by atoms with Gasteiger partial charge in [-0.25, -0.2) is 0 Å². The first-order valence-corrected chi connectivity index (χ1v) is 4.35. The van der Waals surface area contributed by atoms with E-state index in [1.54, 1.807) is 20.4 Å². The third kappa shape index (κ3) is 3.16. The van der Waals surface area contributed by atoms with Crippen molar-refractivity contribution >= 4 is 0 Å². The second-order valence-corrected chi connectivity index (χ2v) is 2.88. The fraction of sp³-hybridized carbons (Fsp3) is 0.667. The zero-order valence-electron chi connectivity index (χ0n) is 8.14. The minimum absolute atomic E-state index is 0.278. The smallest absolute Gasteiger partial charge is 0.0774 e. The molecule has 1 atom stereocenters. The van der Waals surface area contributed by atoms with Gasteiger partial charge in [0.25, 0.3) is 0 Å². The molecule has 0 amide bonds. The second kappa shape index (κ2) is 5.72. The van der Waals surface area contributed by atoms with Crippen LogP contribution in [0.1, 0.15) is 12.5 Å². The van der Waals surface area contributed by atoms with Crippen LogP contribution in [0.25, 0.3) is 0 Å². The van der Waals surface area contributed by atoms with Gasteiger partial charge in [0.2, 0.25) is 0 Å². The summed E-state index contributed by atoms with van der Waals surface area (Å²) in [5.74, 6) is 0. The predicted octanol–water partition coefficient (Wildman–Crippen LogP) is 1.11. The van der Waals surface area contributed by atoms with Crippen LogP contribution in [0, 0.1) is 0 Å². The van der Waals surface area contributed by atoms with Crippen molar-refractivity contribution in [2.75, 3.05) is 27.4 Å². The van der Waals surface area contributed by atoms with Crippen molar-refractivity contribution < 1.29 is 9.47 Å². The van der Waals surface area contributed by atoms with Gasteiger partial charge >= 0.3 is 0 Å². The molecule has 0 aromatic carbocycles. The van der Waals surface area contributed by atoms with Gasteiger partial charge in [0.05, 0.1) is 12.6 Å². The molecule has 0 aliphatic carbocycles. The maximum Gasteiger partial charge on any atom is 0.0774 e. The summed E-state index contributed by atoms with van der Waals surface area (Å²) in [6.45, 7) is 1.40. The van der Waals surface area contributed by atoms with Crippen LogP contribution in [0.15, 0.2) is 18.5 Å². The standard InChI is InChI=1S/C9H16N2O2/c1-12-7-4-9(8-13-2)11-6-3-5-10-11/h3,5-6,9H,4,7-8H2,1-2H3. The maximum absolute atomic E-state index is 5.11. The SMILES string of the molecule is COCCC(COC)n1cccn1. The van der Waals surface area contributed by atoms with E-state index in [9.17, 15) is 0 Å². The Kier molecular flexibility index (Phi) is 4.49. The lowest BCUT2D eigenvalue weighted by atomic mass is 10.2. The van der Waals surface area contributed by atoms with E-state index >= 15 is 0 Å². The molecule has 0 saturated carbocycles. The molecule has 0 saturated heterocycles. The largest absolute Gasteiger partial charge is 0.385 e. The molecule has 0 N–H and O–H groups in total. The van der Waals surface area contributed by atoms with Gasteiger partial charge in [-0.1, -0.05) is 0 Å². The van der Waals surface area contributed by atoms with Gasteiger partial charge in [0.15, 0.2) is 0 Å². The number of hydrogen-bond acceptors (Lipinski definition) is 3. The number of nitrogens with zero attached hydrogens (tertiary/aromatic N) is 2. The highest BCUT2D eigenvalue weighted by Gasteiger charge is 2.09. The highest BCUT2D eigenvalue weighted by Crippen LogP contribution is 2.09. The van der Waals surface area contributed by atoms with Crippen molar-refractivity contribution in [2.24, 2.45) is 0 Å². The molecular weight excluding hydrogens is 168 g/mol. The molecular formula is C9H16N2O2. The maximum atomic E-state index is 5.11. The van der Waals surface area contributed by atoms with Crippen molar-refractivity contribution in [3.05, 3.63) is 18.5 Å². The van der Waals surface area contributed by atoms with Gasteiger partial charge in [-0.3, -0.25) is 4.68 Å². The van der Waals surface area contributed by atoms with Gasteiger partial charge in [-0.15, -0.1) is 0 Å². The minimum Gasteiger partial charge on any atom is -0.385 e. The Hall–Kier alpha value is -0.870. The third-order valence-electron chi connectivity index (χ3n) is 1.91. The first kappa shape index (κ1) is 10.2. The van der Waals surface area contributed by atoms with Gasteiger partial charge < -0.3 is 9.47 Å². The van der Waals surface area contributed by atoms with Gasteiger partial charge in [0, 0.05) is 33.2 Å². The minimum atomic E-state index is 0.278. The van der Waals surface area contributed by atoms with Crippen LogP contribution in [0.5, 0.6) is 0 Å². The number of hydrogen-bond donors (Lipinski definition) is 0. The molecule has 1 unspecified atom stereocenters. The predicted molar refractivity (Wildman–Crippen MR) is 49.6 cm³/mol. The monoisotopic (exact) mass is 184 g/mol. The average molecular weight is 184 g/mol. The van der Waals surface area contributed by atoms with E-state index in [0.29, 0.717) is 6.61 Å². The highest BCUT2D eigenvalue weighted by molar-refractivity contribution is 4.81. The zero-order chi connectivity index (χ0) is 9.52. The summed E-state index contributed by atoms with van der Waals surface area (Å²) in [6, 6.07) is 2.19. The van der Waals surface area contributed by atoms with E-state index in [0.717, 1.165) is 13.0 Å². The van der Waals surface area contributed by atoms with Gasteiger partial charge in [0.1, 0.15) is 0 Å². The van der Waals surface area contributed by atoms with Crippen molar-refractivity contribution in [2.45, 2.75) is 12.5 Å². The number of rotatable bonds is 6. The molecule has 74 valence electrons. The molecule has 0 spiro atoms. The summed E-state index contributed by atoms with van der Waals surface area (Å²) in [7, 11) is 3.40. The first-order chi connectivity index (χ1) is 6.38. The first-order valence-electron chi connectivity index (χ1n) is 4.35. The fourth-order valence-corrected chi connectivity index (χ4v) is 1.23. The van der Waals surface area contributed by atoms with Crippen LogP contribution in [-0.4, -0.2) is 37.2 Å². The van der Waals surface area contributed by atoms with Crippen molar-refractivity contribution in [3.63, 3.8) is 0 Å². The zero-order valence-corrected chi connectivity index (χ0v) is 8.14. The lowest BCUT2D eigenvalue weighted by molar-refractivity contribution is 0.116. The summed E-state index contributed by atoms with van der Waals surface area (Å²) in [6.07, 6.45) is 4.64. The Morgan fingerprint density at radius 1 is 1.38 bits per heavy atom. The summed E-state index contributed by atoms with van der Waals surface area (Å²) in [5.41, 5.74) is 0. The van der Waals surface area contributed by atoms with E-state index in [1.807, 2.05) is 16.9 Å². The van der Waals surface area contributed by atoms with Crippen LogP contribution in [0.2, 0.25) is 0 Å². The lowest BCUT2D eigenvalue weighted by Gasteiger charge is -2.15. The summed E-state index contributed by atoms with van der Waals surface area (Å²) < 4.78 is 12.0. The molecule has 1 aromatic heterocycles. The normalized spacial score (nSPS) is 13.1. The Morgan fingerprint density at radius 2 is 2.23 bits per heavy atom. The van der Waals surface area contributed by atoms with Gasteiger partial charge in [-0.05, 0) is 12.5 Å². The molecule has 4 nitrogen and oxygen atoms in total. The lowest BCUT2D eigenvalue weighted by Crippen LogP contribution is -2.17. The highest BCUT2D eigenvalue weighted by atomic mass is 16.5. The molecule has 0 bridgehead atoms. The van der Waals surface area contributed by atoms with Crippen LogP contribution >= 0.6 is 0 Å². The summed E-state index contributed by atoms with van der Waals surface area (Å²) in [5, 5.41) is 4.17. The van der Waals surface area contributed by atoms with Crippen LogP contribution < -0.4 is 0 Å². The fourth-order valence-electron chi connectivity index (χ4n) is 1.23. The number of ether oxygens (including phenoxy) is 2. The van der Waals surface area contributed by atoms with Gasteiger partial charge in [-0.2, -0.15) is 5.10 Å². The van der Waals surface area contributed by atoms with E-state index in [-0.39, 0.29) is 6.04 Å². The van der Waals surface area contributed by atoms with Crippen LogP contribution in [0.4, 0.5) is 0 Å². The van der Waals surface area contributed by atoms with Crippen molar-refractivity contribution in [1.29, 1.82) is 0 Å². The Labute approximate surface area is 78.5 Å². The van der Waals surface area contributed by atoms with Crippen LogP contribution in [0.3, 0.4) is 0 Å². The third-order valence-corrected chi connectivity index (χ3v) is 1.91. The Bertz CT molecular complexity index is 211. The molecule has 0 aliphatic heterocycles. The van der Waals surface area contributed by atoms with Crippen molar-refractivity contribution in [1.82, 2.24) is 9.78 Å².